The molecule has 0 bridgehead atoms. The van der Waals surface area contributed by atoms with E-state index >= 15 is 0 Å². The highest BCUT2D eigenvalue weighted by molar-refractivity contribution is 9.10. The van der Waals surface area contributed by atoms with E-state index < -0.39 is 0 Å². The Bertz CT molecular complexity index is 459. The normalized spacial score (nSPS) is 11.0. The Kier molecular flexibility index (Phi) is 5.64. The number of aliphatic imine (C=N–C) groups is 1. The molecule has 98 valence electrons. The number of nitrogens with one attached hydrogen (secondary N) is 3. The van der Waals surface area contributed by atoms with E-state index in [0.717, 1.165) is 15.7 Å². The molecular formula is C12H17BrN4O. The zero-order valence-corrected chi connectivity index (χ0v) is 12.3. The highest BCUT2D eigenvalue weighted by Gasteiger charge is 2.05. The van der Waals surface area contributed by atoms with Crippen LogP contribution in [0.25, 0.3) is 0 Å². The van der Waals surface area contributed by atoms with E-state index in [4.69, 9.17) is 0 Å². The minimum absolute atomic E-state index is 0.118. The van der Waals surface area contributed by atoms with Crippen LogP contribution in [0.3, 0.4) is 0 Å². The molecule has 5 nitrogen and oxygen atoms in total. The van der Waals surface area contributed by atoms with E-state index in [0.29, 0.717) is 5.96 Å². The van der Waals surface area contributed by atoms with Crippen molar-refractivity contribution in [2.24, 2.45) is 4.99 Å². The smallest absolute Gasteiger partial charge is 0.243 e. The summed E-state index contributed by atoms with van der Waals surface area (Å²) in [5.74, 6) is 0.462. The van der Waals surface area contributed by atoms with E-state index in [2.05, 4.69) is 36.9 Å². The van der Waals surface area contributed by atoms with Crippen molar-refractivity contribution in [2.45, 2.75) is 6.92 Å². The first-order chi connectivity index (χ1) is 8.56. The fourth-order valence-electron chi connectivity index (χ4n) is 1.37. The summed E-state index contributed by atoms with van der Waals surface area (Å²) in [6.45, 7) is 2.11. The van der Waals surface area contributed by atoms with Crippen molar-refractivity contribution in [3.63, 3.8) is 0 Å². The lowest BCUT2D eigenvalue weighted by molar-refractivity contribution is -0.115. The van der Waals surface area contributed by atoms with Gasteiger partial charge in [0.2, 0.25) is 5.91 Å². The summed E-state index contributed by atoms with van der Waals surface area (Å²) in [5, 5.41) is 8.57. The van der Waals surface area contributed by atoms with Gasteiger partial charge in [-0.25, -0.2) is 0 Å². The van der Waals surface area contributed by atoms with Gasteiger partial charge in [0.1, 0.15) is 0 Å². The summed E-state index contributed by atoms with van der Waals surface area (Å²) in [7, 11) is 3.39. The van der Waals surface area contributed by atoms with Gasteiger partial charge in [-0.2, -0.15) is 0 Å². The molecule has 0 heterocycles. The van der Waals surface area contributed by atoms with Crippen molar-refractivity contribution < 1.29 is 4.79 Å². The molecule has 1 amide bonds. The number of amides is 1. The quantitative estimate of drug-likeness (QED) is 0.585. The average molecular weight is 313 g/mol. The fourth-order valence-corrected chi connectivity index (χ4v) is 1.73. The molecule has 0 aromatic heterocycles. The van der Waals surface area contributed by atoms with Crippen molar-refractivity contribution in [2.75, 3.05) is 26.0 Å². The third-order valence-corrected chi connectivity index (χ3v) is 2.84. The Morgan fingerprint density at radius 2 is 2.17 bits per heavy atom. The molecule has 0 aliphatic rings. The lowest BCUT2D eigenvalue weighted by Crippen LogP contribution is -2.39. The minimum Gasteiger partial charge on any atom is -0.359 e. The van der Waals surface area contributed by atoms with E-state index in [-0.39, 0.29) is 12.5 Å². The molecule has 0 saturated heterocycles. The Morgan fingerprint density at radius 3 is 2.78 bits per heavy atom. The van der Waals surface area contributed by atoms with Gasteiger partial charge < -0.3 is 16.0 Å². The molecule has 6 heteroatoms. The summed E-state index contributed by atoms with van der Waals surface area (Å²) in [5.41, 5.74) is 1.82. The minimum atomic E-state index is -0.118. The second kappa shape index (κ2) is 7.00. The van der Waals surface area contributed by atoms with Crippen molar-refractivity contribution in [1.29, 1.82) is 0 Å². The van der Waals surface area contributed by atoms with Crippen LogP contribution in [-0.2, 0) is 4.79 Å². The third kappa shape index (κ3) is 4.37. The summed E-state index contributed by atoms with van der Waals surface area (Å²) in [4.78, 5) is 15.7. The van der Waals surface area contributed by atoms with Crippen LogP contribution < -0.4 is 16.0 Å². The highest BCUT2D eigenvalue weighted by Crippen LogP contribution is 2.20. The Balaban J connectivity index is 2.57. The van der Waals surface area contributed by atoms with Gasteiger partial charge in [0.15, 0.2) is 5.96 Å². The SMILES string of the molecule is CN=C(NC)NCC(=O)Nc1cc(Br)ccc1C. The maximum Gasteiger partial charge on any atom is 0.243 e. The first kappa shape index (κ1) is 14.5. The van der Waals surface area contributed by atoms with Gasteiger partial charge in [-0.15, -0.1) is 0 Å². The number of hydrogen-bond donors (Lipinski definition) is 3. The summed E-state index contributed by atoms with van der Waals surface area (Å²) < 4.78 is 0.933. The van der Waals surface area contributed by atoms with Gasteiger partial charge in [-0.05, 0) is 24.6 Å². The number of nitrogens with zero attached hydrogens (tertiary/aromatic N) is 1. The van der Waals surface area contributed by atoms with Gasteiger partial charge in [0.25, 0.3) is 0 Å². The van der Waals surface area contributed by atoms with Crippen LogP contribution in [0.5, 0.6) is 0 Å². The number of halogens is 1. The predicted molar refractivity (Wildman–Crippen MR) is 77.9 cm³/mol. The number of hydrogen-bond acceptors (Lipinski definition) is 2. The second-order valence-corrected chi connectivity index (χ2v) is 4.60. The molecule has 1 aromatic carbocycles. The van der Waals surface area contributed by atoms with E-state index in [9.17, 15) is 4.79 Å². The molecule has 0 spiro atoms. The molecule has 1 aromatic rings. The zero-order valence-electron chi connectivity index (χ0n) is 10.7. The van der Waals surface area contributed by atoms with Crippen molar-refractivity contribution in [1.82, 2.24) is 10.6 Å². The van der Waals surface area contributed by atoms with Crippen LogP contribution >= 0.6 is 15.9 Å². The predicted octanol–water partition coefficient (Wildman–Crippen LogP) is 1.49. The monoisotopic (exact) mass is 312 g/mol. The van der Waals surface area contributed by atoms with Gasteiger partial charge in [0, 0.05) is 24.3 Å². The van der Waals surface area contributed by atoms with Crippen molar-refractivity contribution in [3.05, 3.63) is 28.2 Å². The van der Waals surface area contributed by atoms with E-state index in [1.807, 2.05) is 25.1 Å². The Morgan fingerprint density at radius 1 is 1.44 bits per heavy atom. The van der Waals surface area contributed by atoms with Crippen LogP contribution in [0.2, 0.25) is 0 Å². The van der Waals surface area contributed by atoms with Gasteiger partial charge >= 0.3 is 0 Å². The summed E-state index contributed by atoms with van der Waals surface area (Å²) in [6, 6.07) is 5.76. The maximum atomic E-state index is 11.7. The van der Waals surface area contributed by atoms with Gasteiger partial charge in [-0.3, -0.25) is 9.79 Å². The van der Waals surface area contributed by atoms with Gasteiger partial charge in [0.05, 0.1) is 6.54 Å². The number of guanidine groups is 1. The number of carbonyl (C=O) groups is 1. The topological polar surface area (TPSA) is 65.5 Å². The summed E-state index contributed by atoms with van der Waals surface area (Å²) in [6.07, 6.45) is 0. The third-order valence-electron chi connectivity index (χ3n) is 2.35. The maximum absolute atomic E-state index is 11.7. The van der Waals surface area contributed by atoms with Crippen LogP contribution in [0.15, 0.2) is 27.7 Å². The largest absolute Gasteiger partial charge is 0.359 e. The number of aryl methyl sites for hydroxylation is 1. The van der Waals surface area contributed by atoms with Crippen LogP contribution in [0.4, 0.5) is 5.69 Å². The van der Waals surface area contributed by atoms with Crippen molar-refractivity contribution >= 4 is 33.5 Å². The Hall–Kier alpha value is -1.56. The first-order valence-electron chi connectivity index (χ1n) is 5.51. The molecule has 18 heavy (non-hydrogen) atoms. The van der Waals surface area contributed by atoms with Gasteiger partial charge in [-0.1, -0.05) is 22.0 Å². The van der Waals surface area contributed by atoms with E-state index in [1.54, 1.807) is 14.1 Å². The molecule has 0 aliphatic heterocycles. The molecule has 0 aliphatic carbocycles. The lowest BCUT2D eigenvalue weighted by Gasteiger charge is -2.11. The van der Waals surface area contributed by atoms with E-state index in [1.165, 1.54) is 0 Å². The number of benzene rings is 1. The number of carbonyl (C=O) groups excluding carboxylic acids is 1. The highest BCUT2D eigenvalue weighted by atomic mass is 79.9. The van der Waals surface area contributed by atoms with Crippen LogP contribution in [-0.4, -0.2) is 32.5 Å². The second-order valence-electron chi connectivity index (χ2n) is 3.68. The fraction of sp³-hybridized carbons (Fsp3) is 0.333. The molecule has 0 unspecified atom stereocenters. The first-order valence-corrected chi connectivity index (χ1v) is 6.30. The average Bonchev–Trinajstić information content (AvgIpc) is 2.35. The standard InChI is InChI=1S/C12H17BrN4O/c1-8-4-5-9(13)6-10(8)17-11(18)7-16-12(14-2)15-3/h4-6H,7H2,1-3H3,(H,17,18)(H2,14,15,16). The van der Waals surface area contributed by atoms with Crippen molar-refractivity contribution in [3.8, 4) is 0 Å². The molecule has 3 N–H and O–H groups in total. The molecule has 0 fully saturated rings. The Labute approximate surface area is 115 Å². The van der Waals surface area contributed by atoms with Crippen LogP contribution in [0.1, 0.15) is 5.56 Å². The molecular weight excluding hydrogens is 296 g/mol. The number of anilines is 1. The molecule has 0 atom stereocenters. The zero-order chi connectivity index (χ0) is 13.5. The summed E-state index contributed by atoms with van der Waals surface area (Å²) >= 11 is 3.37. The van der Waals surface area contributed by atoms with Crippen LogP contribution in [0, 0.1) is 6.92 Å². The molecule has 0 saturated carbocycles. The molecule has 0 radical (unpaired) electrons. The number of rotatable bonds is 3. The lowest BCUT2D eigenvalue weighted by atomic mass is 10.2. The molecule has 1 rings (SSSR count).